The summed E-state index contributed by atoms with van der Waals surface area (Å²) in [5.74, 6) is -0.495. The Kier molecular flexibility index (Phi) is 4.63. The Morgan fingerprint density at radius 1 is 1.25 bits per heavy atom. The Balaban J connectivity index is 1.94. The smallest absolute Gasteiger partial charge is 0.315 e. The number of halogens is 1. The molecule has 1 aliphatic heterocycles. The van der Waals surface area contributed by atoms with Gasteiger partial charge in [-0.1, -0.05) is 15.9 Å². The molecular formula is C19H20BrNO3. The second-order valence-corrected chi connectivity index (χ2v) is 7.33. The Labute approximate surface area is 149 Å². The summed E-state index contributed by atoms with van der Waals surface area (Å²) in [4.78, 5) is 25.2. The van der Waals surface area contributed by atoms with Crippen LogP contribution in [-0.2, 0) is 16.1 Å². The maximum atomic E-state index is 12.9. The van der Waals surface area contributed by atoms with Gasteiger partial charge in [-0.25, -0.2) is 0 Å². The lowest BCUT2D eigenvalue weighted by Gasteiger charge is -2.12. The van der Waals surface area contributed by atoms with Crippen molar-refractivity contribution < 1.29 is 14.3 Å². The van der Waals surface area contributed by atoms with Crippen LogP contribution in [0.2, 0.25) is 0 Å². The van der Waals surface area contributed by atoms with Gasteiger partial charge < -0.3 is 9.30 Å². The summed E-state index contributed by atoms with van der Waals surface area (Å²) >= 11 is 3.38. The molecule has 0 N–H and O–H groups in total. The highest BCUT2D eigenvalue weighted by Gasteiger charge is 2.34. The van der Waals surface area contributed by atoms with Crippen LogP contribution in [-0.4, -0.2) is 22.4 Å². The maximum Gasteiger partial charge on any atom is 0.315 e. The molecule has 126 valence electrons. The van der Waals surface area contributed by atoms with Crippen molar-refractivity contribution in [2.24, 2.45) is 0 Å². The zero-order valence-corrected chi connectivity index (χ0v) is 15.6. The van der Waals surface area contributed by atoms with Gasteiger partial charge in [-0.3, -0.25) is 9.59 Å². The summed E-state index contributed by atoms with van der Waals surface area (Å²) in [6, 6.07) is 9.29. The molecule has 1 aliphatic rings. The van der Waals surface area contributed by atoms with Gasteiger partial charge in [0.1, 0.15) is 0 Å². The van der Waals surface area contributed by atoms with Crippen LogP contribution in [0.5, 0.6) is 0 Å². The van der Waals surface area contributed by atoms with Crippen molar-refractivity contribution in [2.45, 2.75) is 45.8 Å². The molecule has 0 saturated carbocycles. The highest BCUT2D eigenvalue weighted by atomic mass is 79.9. The van der Waals surface area contributed by atoms with Crippen molar-refractivity contribution in [2.75, 3.05) is 0 Å². The lowest BCUT2D eigenvalue weighted by atomic mass is 10.0. The van der Waals surface area contributed by atoms with E-state index in [-0.39, 0.29) is 23.8 Å². The van der Waals surface area contributed by atoms with E-state index < -0.39 is 0 Å². The molecule has 24 heavy (non-hydrogen) atoms. The number of aromatic nitrogens is 1. The molecule has 1 unspecified atom stereocenters. The molecule has 3 rings (SSSR count). The standard InChI is InChI=1S/C19H20BrNO3/c1-11(2)24-19(23)15-8-9-21-16(15)10-12(3)17(21)18(22)13-4-6-14(20)7-5-13/h4-7,10-11,15H,8-9H2,1-3H3. The molecule has 2 aromatic rings. The fourth-order valence-electron chi connectivity index (χ4n) is 3.24. The molecule has 2 heterocycles. The number of fused-ring (bicyclic) bond motifs is 1. The van der Waals surface area contributed by atoms with E-state index in [0.717, 1.165) is 15.7 Å². The summed E-state index contributed by atoms with van der Waals surface area (Å²) in [5, 5.41) is 0. The molecular weight excluding hydrogens is 370 g/mol. The average molecular weight is 390 g/mol. The van der Waals surface area contributed by atoms with Gasteiger partial charge in [0.05, 0.1) is 17.7 Å². The zero-order chi connectivity index (χ0) is 17.4. The van der Waals surface area contributed by atoms with Crippen LogP contribution in [0.15, 0.2) is 34.8 Å². The van der Waals surface area contributed by atoms with Crippen LogP contribution >= 0.6 is 15.9 Å². The molecule has 5 heteroatoms. The van der Waals surface area contributed by atoms with Crippen molar-refractivity contribution in [1.29, 1.82) is 0 Å². The third-order valence-corrected chi connectivity index (χ3v) is 4.80. The maximum absolute atomic E-state index is 12.9. The lowest BCUT2D eigenvalue weighted by molar-refractivity contribution is -0.149. The van der Waals surface area contributed by atoms with Gasteiger partial charge in [0.15, 0.2) is 0 Å². The molecule has 0 fully saturated rings. The molecule has 0 aliphatic carbocycles. The summed E-state index contributed by atoms with van der Waals surface area (Å²) in [6.07, 6.45) is 0.549. The van der Waals surface area contributed by atoms with Crippen LogP contribution in [0.1, 0.15) is 53.5 Å². The first kappa shape index (κ1) is 17.0. The summed E-state index contributed by atoms with van der Waals surface area (Å²) in [5.41, 5.74) is 3.11. The molecule has 1 aromatic heterocycles. The molecule has 0 amide bonds. The fourth-order valence-corrected chi connectivity index (χ4v) is 3.50. The SMILES string of the molecule is Cc1cc2n(c1C(=O)c1ccc(Br)cc1)CCC2C(=O)OC(C)C. The third kappa shape index (κ3) is 3.05. The molecule has 1 aromatic carbocycles. The van der Waals surface area contributed by atoms with Gasteiger partial charge in [-0.05, 0) is 63.1 Å². The summed E-state index contributed by atoms with van der Waals surface area (Å²) in [6.45, 7) is 6.28. The highest BCUT2D eigenvalue weighted by molar-refractivity contribution is 9.10. The molecule has 0 radical (unpaired) electrons. The van der Waals surface area contributed by atoms with E-state index in [1.807, 2.05) is 55.7 Å². The first-order valence-corrected chi connectivity index (χ1v) is 8.88. The van der Waals surface area contributed by atoms with E-state index in [1.54, 1.807) is 0 Å². The zero-order valence-electron chi connectivity index (χ0n) is 14.0. The number of benzene rings is 1. The molecule has 1 atom stereocenters. The number of hydrogen-bond acceptors (Lipinski definition) is 3. The highest BCUT2D eigenvalue weighted by Crippen LogP contribution is 2.34. The van der Waals surface area contributed by atoms with Gasteiger partial charge in [-0.15, -0.1) is 0 Å². The largest absolute Gasteiger partial charge is 0.462 e. The fraction of sp³-hybridized carbons (Fsp3) is 0.368. The Bertz CT molecular complexity index is 790. The number of ketones is 1. The van der Waals surface area contributed by atoms with Gasteiger partial charge in [0, 0.05) is 22.3 Å². The minimum Gasteiger partial charge on any atom is -0.462 e. The number of hydrogen-bond donors (Lipinski definition) is 0. The van der Waals surface area contributed by atoms with Crippen molar-refractivity contribution in [3.8, 4) is 0 Å². The predicted molar refractivity (Wildman–Crippen MR) is 95.3 cm³/mol. The minimum atomic E-state index is -0.280. The predicted octanol–water partition coefficient (Wildman–Crippen LogP) is 4.23. The number of ether oxygens (including phenoxy) is 1. The van der Waals surface area contributed by atoms with Crippen molar-refractivity contribution in [3.63, 3.8) is 0 Å². The monoisotopic (exact) mass is 389 g/mol. The summed E-state index contributed by atoms with van der Waals surface area (Å²) in [7, 11) is 0. The van der Waals surface area contributed by atoms with E-state index in [9.17, 15) is 9.59 Å². The van der Waals surface area contributed by atoms with E-state index in [2.05, 4.69) is 15.9 Å². The topological polar surface area (TPSA) is 48.3 Å². The molecule has 0 saturated heterocycles. The number of aryl methyl sites for hydroxylation is 1. The van der Waals surface area contributed by atoms with Crippen molar-refractivity contribution >= 4 is 27.7 Å². The quantitative estimate of drug-likeness (QED) is 0.580. The van der Waals surface area contributed by atoms with E-state index in [4.69, 9.17) is 4.74 Å². The van der Waals surface area contributed by atoms with Crippen LogP contribution in [0.4, 0.5) is 0 Å². The van der Waals surface area contributed by atoms with Crippen LogP contribution in [0, 0.1) is 6.92 Å². The third-order valence-electron chi connectivity index (χ3n) is 4.28. The number of carbonyl (C=O) groups excluding carboxylic acids is 2. The number of rotatable bonds is 4. The summed E-state index contributed by atoms with van der Waals surface area (Å²) < 4.78 is 8.27. The van der Waals surface area contributed by atoms with Crippen molar-refractivity contribution in [3.05, 3.63) is 57.3 Å². The molecule has 4 nitrogen and oxygen atoms in total. The second kappa shape index (κ2) is 6.55. The Morgan fingerprint density at radius 3 is 2.54 bits per heavy atom. The molecule has 0 bridgehead atoms. The normalized spacial score (nSPS) is 16.3. The van der Waals surface area contributed by atoms with Crippen LogP contribution < -0.4 is 0 Å². The minimum absolute atomic E-state index is 0.0101. The van der Waals surface area contributed by atoms with Gasteiger partial charge in [-0.2, -0.15) is 0 Å². The molecule has 0 spiro atoms. The average Bonchev–Trinajstić information content (AvgIpc) is 3.04. The second-order valence-electron chi connectivity index (χ2n) is 6.42. The van der Waals surface area contributed by atoms with Gasteiger partial charge in [0.2, 0.25) is 5.78 Å². The number of nitrogens with zero attached hydrogens (tertiary/aromatic N) is 1. The van der Waals surface area contributed by atoms with Crippen molar-refractivity contribution in [1.82, 2.24) is 4.57 Å². The first-order valence-electron chi connectivity index (χ1n) is 8.09. The van der Waals surface area contributed by atoms with Crippen LogP contribution in [0.3, 0.4) is 0 Å². The lowest BCUT2D eigenvalue weighted by Crippen LogP contribution is -2.18. The Hall–Kier alpha value is -1.88. The van der Waals surface area contributed by atoms with E-state index in [1.165, 1.54) is 0 Å². The number of carbonyl (C=O) groups is 2. The Morgan fingerprint density at radius 2 is 1.92 bits per heavy atom. The van der Waals surface area contributed by atoms with Gasteiger partial charge in [0.25, 0.3) is 0 Å². The van der Waals surface area contributed by atoms with E-state index in [0.29, 0.717) is 24.2 Å². The van der Waals surface area contributed by atoms with E-state index >= 15 is 0 Å². The van der Waals surface area contributed by atoms with Gasteiger partial charge >= 0.3 is 5.97 Å². The first-order chi connectivity index (χ1) is 11.4. The van der Waals surface area contributed by atoms with Crippen LogP contribution in [0.25, 0.3) is 0 Å². The number of esters is 1.